The standard InChI is InChI=1S/C41H42ClF2N7O4/c1-25-19-33(46-34(20-25)50(22-26-7-11-29(53-5)12-8-26)23-27-9-13-30(54-6)14-10-27)35-32(42)21-31-37(36(35)43)47-39(44)48-38(31)49-17-18-51(28(24-49)15-16-45)40(52)55-41(2,3)4/h7-14,19-21,28H,15,17-18,22-24H2,1-6H3/t28-/m0/s1. The maximum Gasteiger partial charge on any atom is 0.410 e. The van der Waals surface area contributed by atoms with E-state index in [4.69, 9.17) is 30.8 Å². The zero-order valence-electron chi connectivity index (χ0n) is 31.6. The molecule has 1 fully saturated rings. The number of halogens is 3. The predicted octanol–water partition coefficient (Wildman–Crippen LogP) is 8.50. The Morgan fingerprint density at radius 2 is 1.56 bits per heavy atom. The van der Waals surface area contributed by atoms with Gasteiger partial charge in [-0.3, -0.25) is 0 Å². The summed E-state index contributed by atoms with van der Waals surface area (Å²) in [6.07, 6.45) is -1.69. The summed E-state index contributed by atoms with van der Waals surface area (Å²) in [6.45, 7) is 8.61. The van der Waals surface area contributed by atoms with E-state index in [1.165, 1.54) is 11.0 Å². The highest BCUT2D eigenvalue weighted by Crippen LogP contribution is 2.39. The van der Waals surface area contributed by atoms with Crippen LogP contribution in [-0.2, 0) is 17.8 Å². The van der Waals surface area contributed by atoms with Crippen molar-refractivity contribution in [2.75, 3.05) is 43.7 Å². The second kappa shape index (κ2) is 16.3. The molecule has 1 aliphatic rings. The van der Waals surface area contributed by atoms with Crippen LogP contribution in [0.2, 0.25) is 5.02 Å². The van der Waals surface area contributed by atoms with E-state index >= 15 is 8.78 Å². The fraction of sp³-hybridized carbons (Fsp3) is 0.341. The van der Waals surface area contributed by atoms with Gasteiger partial charge in [0.15, 0.2) is 5.82 Å². The van der Waals surface area contributed by atoms with Gasteiger partial charge in [0, 0.05) is 38.1 Å². The number of hydrogen-bond acceptors (Lipinski definition) is 10. The highest BCUT2D eigenvalue weighted by atomic mass is 35.5. The van der Waals surface area contributed by atoms with Gasteiger partial charge in [-0.05, 0) is 86.8 Å². The summed E-state index contributed by atoms with van der Waals surface area (Å²) < 4.78 is 48.3. The number of carbonyl (C=O) groups excluding carboxylic acids is 1. The number of methoxy groups -OCH3 is 2. The molecule has 2 aromatic heterocycles. The molecule has 286 valence electrons. The van der Waals surface area contributed by atoms with E-state index in [-0.39, 0.29) is 59.1 Å². The molecule has 5 aromatic rings. The summed E-state index contributed by atoms with van der Waals surface area (Å²) in [4.78, 5) is 31.1. The number of carbonyl (C=O) groups is 1. The average molecular weight is 770 g/mol. The average Bonchev–Trinajstić information content (AvgIpc) is 3.14. The first-order chi connectivity index (χ1) is 26.3. The lowest BCUT2D eigenvalue weighted by atomic mass is 10.0. The summed E-state index contributed by atoms with van der Waals surface area (Å²) in [5.41, 5.74) is 2.00. The molecule has 1 atom stereocenters. The first kappa shape index (κ1) is 39.0. The fourth-order valence-electron chi connectivity index (χ4n) is 6.58. The number of aromatic nitrogens is 3. The molecular weight excluding hydrogens is 728 g/mol. The fourth-order valence-corrected chi connectivity index (χ4v) is 6.87. The zero-order chi connectivity index (χ0) is 39.4. The number of aryl methyl sites for hydroxylation is 1. The number of benzene rings is 3. The van der Waals surface area contributed by atoms with E-state index < -0.39 is 29.6 Å². The van der Waals surface area contributed by atoms with Crippen LogP contribution in [0.3, 0.4) is 0 Å². The Morgan fingerprint density at radius 3 is 2.13 bits per heavy atom. The summed E-state index contributed by atoms with van der Waals surface area (Å²) in [7, 11) is 3.23. The van der Waals surface area contributed by atoms with Crippen LogP contribution < -0.4 is 19.3 Å². The van der Waals surface area contributed by atoms with Crippen LogP contribution in [0.1, 0.15) is 43.9 Å². The maximum atomic E-state index is 16.8. The highest BCUT2D eigenvalue weighted by molar-refractivity contribution is 6.34. The second-order valence-corrected chi connectivity index (χ2v) is 14.7. The summed E-state index contributed by atoms with van der Waals surface area (Å²) >= 11 is 6.90. The molecule has 0 aliphatic carbocycles. The molecule has 1 saturated heterocycles. The molecule has 0 radical (unpaired) electrons. The van der Waals surface area contributed by atoms with Gasteiger partial charge >= 0.3 is 12.2 Å². The van der Waals surface area contributed by atoms with Crippen molar-refractivity contribution in [3.63, 3.8) is 0 Å². The van der Waals surface area contributed by atoms with Gasteiger partial charge in [0.2, 0.25) is 0 Å². The molecule has 55 heavy (non-hydrogen) atoms. The Hall–Kier alpha value is -5.74. The minimum absolute atomic E-state index is 0.00415. The van der Waals surface area contributed by atoms with Crippen LogP contribution in [0.5, 0.6) is 11.5 Å². The molecule has 6 rings (SSSR count). The second-order valence-electron chi connectivity index (χ2n) is 14.3. The van der Waals surface area contributed by atoms with E-state index in [0.29, 0.717) is 18.9 Å². The third-order valence-electron chi connectivity index (χ3n) is 9.17. The minimum atomic E-state index is -1.14. The third kappa shape index (κ3) is 8.98. The number of pyridine rings is 1. The Labute approximate surface area is 324 Å². The normalized spacial score (nSPS) is 14.4. The summed E-state index contributed by atoms with van der Waals surface area (Å²) in [6, 6.07) is 22.1. The van der Waals surface area contributed by atoms with Crippen LogP contribution >= 0.6 is 11.6 Å². The van der Waals surface area contributed by atoms with Crippen molar-refractivity contribution >= 4 is 40.2 Å². The van der Waals surface area contributed by atoms with Gasteiger partial charge in [-0.1, -0.05) is 35.9 Å². The van der Waals surface area contributed by atoms with Gasteiger partial charge < -0.3 is 28.9 Å². The van der Waals surface area contributed by atoms with Crippen molar-refractivity contribution in [2.45, 2.75) is 58.8 Å². The molecule has 3 aromatic carbocycles. The van der Waals surface area contributed by atoms with Crippen LogP contribution in [-0.4, -0.2) is 71.4 Å². The van der Waals surface area contributed by atoms with Gasteiger partial charge in [-0.2, -0.15) is 19.6 Å². The molecule has 0 unspecified atom stereocenters. The lowest BCUT2D eigenvalue weighted by Gasteiger charge is -2.41. The Balaban J connectivity index is 1.38. The molecule has 0 saturated carbocycles. The highest BCUT2D eigenvalue weighted by Gasteiger charge is 2.35. The van der Waals surface area contributed by atoms with Gasteiger partial charge in [0.05, 0.1) is 49.0 Å². The number of rotatable bonds is 10. The predicted molar refractivity (Wildman–Crippen MR) is 207 cm³/mol. The number of amides is 1. The first-order valence-electron chi connectivity index (χ1n) is 17.7. The minimum Gasteiger partial charge on any atom is -0.497 e. The van der Waals surface area contributed by atoms with Crippen molar-refractivity contribution in [2.24, 2.45) is 0 Å². The van der Waals surface area contributed by atoms with Crippen LogP contribution in [0.15, 0.2) is 66.7 Å². The van der Waals surface area contributed by atoms with Crippen LogP contribution in [0.25, 0.3) is 22.2 Å². The molecule has 1 aliphatic heterocycles. The SMILES string of the molecule is COc1ccc(CN(Cc2ccc(OC)cc2)c2cc(C)cc(-c3c(Cl)cc4c(N5CCN(C(=O)OC(C)(C)C)[C@@H](CC#N)C5)nc(F)nc4c3F)n2)cc1. The van der Waals surface area contributed by atoms with Gasteiger partial charge in [0.1, 0.15) is 34.3 Å². The molecule has 3 heterocycles. The number of fused-ring (bicyclic) bond motifs is 1. The number of nitriles is 1. The van der Waals surface area contributed by atoms with E-state index in [1.54, 1.807) is 46.0 Å². The van der Waals surface area contributed by atoms with Crippen LogP contribution in [0.4, 0.5) is 25.2 Å². The van der Waals surface area contributed by atoms with Crippen molar-refractivity contribution in [3.8, 4) is 28.8 Å². The molecule has 11 nitrogen and oxygen atoms in total. The number of anilines is 2. The lowest BCUT2D eigenvalue weighted by molar-refractivity contribution is 0.0145. The monoisotopic (exact) mass is 769 g/mol. The van der Waals surface area contributed by atoms with E-state index in [9.17, 15) is 10.1 Å². The molecular formula is C41H42ClF2N7O4. The summed E-state index contributed by atoms with van der Waals surface area (Å²) in [5, 5.41) is 9.79. The topological polar surface area (TPSA) is 117 Å². The number of hydrogen-bond donors (Lipinski definition) is 0. The molecule has 1 amide bonds. The Morgan fingerprint density at radius 1 is 0.945 bits per heavy atom. The molecule has 0 N–H and O–H groups in total. The van der Waals surface area contributed by atoms with E-state index in [2.05, 4.69) is 20.9 Å². The quantitative estimate of drug-likeness (QED) is 0.128. The zero-order valence-corrected chi connectivity index (χ0v) is 32.3. The molecule has 0 spiro atoms. The van der Waals surface area contributed by atoms with Gasteiger partial charge in [0.25, 0.3) is 0 Å². The molecule has 0 bridgehead atoms. The van der Waals surface area contributed by atoms with Gasteiger partial charge in [-0.25, -0.2) is 14.2 Å². The number of piperazine rings is 1. The Bertz CT molecular complexity index is 2180. The molecule has 14 heteroatoms. The summed E-state index contributed by atoms with van der Waals surface area (Å²) in [5.74, 6) is 1.28. The number of ether oxygens (including phenoxy) is 3. The largest absolute Gasteiger partial charge is 0.497 e. The van der Waals surface area contributed by atoms with Crippen molar-refractivity contribution < 1.29 is 27.8 Å². The first-order valence-corrected chi connectivity index (χ1v) is 18.1. The van der Waals surface area contributed by atoms with Crippen molar-refractivity contribution in [1.82, 2.24) is 19.9 Å². The smallest absolute Gasteiger partial charge is 0.410 e. The number of nitrogens with zero attached hydrogens (tertiary/aromatic N) is 7. The third-order valence-corrected chi connectivity index (χ3v) is 9.47. The van der Waals surface area contributed by atoms with Crippen LogP contribution in [0, 0.1) is 30.2 Å². The lowest BCUT2D eigenvalue weighted by Crippen LogP contribution is -2.56. The van der Waals surface area contributed by atoms with Crippen molar-refractivity contribution in [1.29, 1.82) is 5.26 Å². The van der Waals surface area contributed by atoms with Gasteiger partial charge in [-0.15, -0.1) is 0 Å². The van der Waals surface area contributed by atoms with Crippen molar-refractivity contribution in [3.05, 3.63) is 100 Å². The van der Waals surface area contributed by atoms with E-state index in [1.807, 2.05) is 61.5 Å². The Kier molecular flexibility index (Phi) is 11.6. The maximum absolute atomic E-state index is 16.8. The van der Waals surface area contributed by atoms with E-state index in [0.717, 1.165) is 28.2 Å².